The van der Waals surface area contributed by atoms with Gasteiger partial charge in [0.25, 0.3) is 11.5 Å². The zero-order valence-electron chi connectivity index (χ0n) is 14.7. The maximum Gasteiger partial charge on any atom is 0.261 e. The molecule has 0 atom stereocenters. The zero-order valence-corrected chi connectivity index (χ0v) is 14.7. The van der Waals surface area contributed by atoms with Crippen molar-refractivity contribution in [2.75, 3.05) is 25.5 Å². The Morgan fingerprint density at radius 3 is 2.54 bits per heavy atom. The number of hydrogen-bond acceptors (Lipinski definition) is 3. The molecule has 0 saturated carbocycles. The monoisotopic (exact) mass is 353 g/mol. The molecule has 1 aromatic heterocycles. The second-order valence-corrected chi connectivity index (χ2v) is 6.31. The van der Waals surface area contributed by atoms with Crippen molar-refractivity contribution in [3.8, 4) is 0 Å². The molecule has 134 valence electrons. The summed E-state index contributed by atoms with van der Waals surface area (Å²) in [5, 5.41) is 3.37. The second-order valence-electron chi connectivity index (χ2n) is 6.31. The summed E-state index contributed by atoms with van der Waals surface area (Å²) in [6.07, 6.45) is 0.663. The lowest BCUT2D eigenvalue weighted by atomic mass is 10.1. The molecule has 2 N–H and O–H groups in total. The maximum absolute atomic E-state index is 13.2. The van der Waals surface area contributed by atoms with Gasteiger partial charge in [-0.2, -0.15) is 0 Å². The quantitative estimate of drug-likeness (QED) is 0.741. The van der Waals surface area contributed by atoms with Crippen molar-refractivity contribution in [1.82, 2.24) is 10.3 Å². The SMILES string of the molecule is CN(C)c1ccc(CCNC(=O)c2cc3ccc(F)cc3[nH]c2=O)cc1. The summed E-state index contributed by atoms with van der Waals surface area (Å²) in [6.45, 7) is 0.418. The van der Waals surface area contributed by atoms with Crippen LogP contribution in [0.2, 0.25) is 0 Å². The van der Waals surface area contributed by atoms with Gasteiger partial charge < -0.3 is 15.2 Å². The molecule has 0 aliphatic rings. The van der Waals surface area contributed by atoms with Crippen molar-refractivity contribution >= 4 is 22.5 Å². The van der Waals surface area contributed by atoms with Crippen LogP contribution in [0.1, 0.15) is 15.9 Å². The zero-order chi connectivity index (χ0) is 18.7. The van der Waals surface area contributed by atoms with Gasteiger partial charge in [-0.05, 0) is 53.8 Å². The third kappa shape index (κ3) is 3.91. The fourth-order valence-electron chi connectivity index (χ4n) is 2.72. The number of aromatic nitrogens is 1. The van der Waals surface area contributed by atoms with E-state index < -0.39 is 17.3 Å². The van der Waals surface area contributed by atoms with Gasteiger partial charge in [-0.15, -0.1) is 0 Å². The molecule has 6 heteroatoms. The lowest BCUT2D eigenvalue weighted by Crippen LogP contribution is -2.31. The third-order valence-corrected chi connectivity index (χ3v) is 4.20. The summed E-state index contributed by atoms with van der Waals surface area (Å²) in [6, 6.07) is 13.6. The predicted molar refractivity (Wildman–Crippen MR) is 101 cm³/mol. The van der Waals surface area contributed by atoms with E-state index in [-0.39, 0.29) is 5.56 Å². The number of halogens is 1. The van der Waals surface area contributed by atoms with E-state index in [2.05, 4.69) is 10.3 Å². The summed E-state index contributed by atoms with van der Waals surface area (Å²) < 4.78 is 13.2. The first-order valence-electron chi connectivity index (χ1n) is 8.31. The summed E-state index contributed by atoms with van der Waals surface area (Å²) in [5.74, 6) is -0.881. The van der Waals surface area contributed by atoms with E-state index in [0.29, 0.717) is 23.9 Å². The first-order chi connectivity index (χ1) is 12.4. The Bertz CT molecular complexity index is 994. The number of anilines is 1. The average Bonchev–Trinajstić information content (AvgIpc) is 2.61. The number of aromatic amines is 1. The largest absolute Gasteiger partial charge is 0.378 e. The van der Waals surface area contributed by atoms with Crippen LogP contribution < -0.4 is 15.8 Å². The van der Waals surface area contributed by atoms with E-state index in [0.717, 1.165) is 11.3 Å². The molecule has 0 aliphatic heterocycles. The molecular weight excluding hydrogens is 333 g/mol. The smallest absolute Gasteiger partial charge is 0.261 e. The molecule has 0 bridgehead atoms. The van der Waals surface area contributed by atoms with Crippen molar-refractivity contribution in [3.63, 3.8) is 0 Å². The van der Waals surface area contributed by atoms with Crippen molar-refractivity contribution in [2.24, 2.45) is 0 Å². The van der Waals surface area contributed by atoms with Gasteiger partial charge >= 0.3 is 0 Å². The maximum atomic E-state index is 13.2. The second kappa shape index (κ2) is 7.39. The van der Waals surface area contributed by atoms with Crippen LogP contribution in [-0.2, 0) is 6.42 Å². The van der Waals surface area contributed by atoms with Gasteiger partial charge in [-0.1, -0.05) is 12.1 Å². The molecule has 0 aliphatic carbocycles. The molecule has 0 unspecified atom stereocenters. The number of amides is 1. The topological polar surface area (TPSA) is 65.2 Å². The van der Waals surface area contributed by atoms with Crippen molar-refractivity contribution in [3.05, 3.63) is 75.8 Å². The molecule has 0 spiro atoms. The van der Waals surface area contributed by atoms with Crippen LogP contribution in [0.5, 0.6) is 0 Å². The molecule has 1 heterocycles. The van der Waals surface area contributed by atoms with Crippen LogP contribution in [0, 0.1) is 5.82 Å². The predicted octanol–water partition coefficient (Wildman–Crippen LogP) is 2.71. The van der Waals surface area contributed by atoms with Crippen molar-refractivity contribution in [1.29, 1.82) is 0 Å². The van der Waals surface area contributed by atoms with Crippen molar-refractivity contribution < 1.29 is 9.18 Å². The number of H-pyrrole nitrogens is 1. The van der Waals surface area contributed by atoms with E-state index in [1.807, 2.05) is 43.3 Å². The highest BCUT2D eigenvalue weighted by Crippen LogP contribution is 2.13. The normalized spacial score (nSPS) is 10.7. The van der Waals surface area contributed by atoms with Gasteiger partial charge in [-0.3, -0.25) is 9.59 Å². The number of carbonyl (C=O) groups is 1. The fourth-order valence-corrected chi connectivity index (χ4v) is 2.72. The van der Waals surface area contributed by atoms with Gasteiger partial charge in [-0.25, -0.2) is 4.39 Å². The van der Waals surface area contributed by atoms with E-state index in [4.69, 9.17) is 0 Å². The average molecular weight is 353 g/mol. The molecular formula is C20H20FN3O2. The summed E-state index contributed by atoms with van der Waals surface area (Å²) in [7, 11) is 3.95. The van der Waals surface area contributed by atoms with Gasteiger partial charge in [0.1, 0.15) is 11.4 Å². The molecule has 0 radical (unpaired) electrons. The Kier molecular flexibility index (Phi) is 5.02. The molecule has 0 fully saturated rings. The number of pyridine rings is 1. The number of nitrogens with one attached hydrogen (secondary N) is 2. The minimum Gasteiger partial charge on any atom is -0.378 e. The fraction of sp³-hybridized carbons (Fsp3) is 0.200. The molecule has 26 heavy (non-hydrogen) atoms. The Morgan fingerprint density at radius 2 is 1.85 bits per heavy atom. The highest BCUT2D eigenvalue weighted by Gasteiger charge is 2.12. The van der Waals surface area contributed by atoms with Crippen molar-refractivity contribution in [2.45, 2.75) is 6.42 Å². The molecule has 2 aromatic carbocycles. The summed E-state index contributed by atoms with van der Waals surface area (Å²) in [5.41, 5.74) is 2.06. The minimum atomic E-state index is -0.532. The highest BCUT2D eigenvalue weighted by molar-refractivity contribution is 5.97. The standard InChI is InChI=1S/C20H20FN3O2/c1-24(2)16-7-3-13(4-8-16)9-10-22-19(25)17-11-14-5-6-15(21)12-18(14)23-20(17)26/h3-8,11-12H,9-10H2,1-2H3,(H,22,25)(H,23,26). The van der Waals surface area contributed by atoms with Crippen LogP contribution in [0.4, 0.5) is 10.1 Å². The van der Waals surface area contributed by atoms with E-state index in [1.54, 1.807) is 0 Å². The summed E-state index contributed by atoms with van der Waals surface area (Å²) in [4.78, 5) is 28.9. The molecule has 5 nitrogen and oxygen atoms in total. The number of benzene rings is 2. The Hall–Kier alpha value is -3.15. The first-order valence-corrected chi connectivity index (χ1v) is 8.31. The lowest BCUT2D eigenvalue weighted by molar-refractivity contribution is 0.0953. The minimum absolute atomic E-state index is 0.0204. The van der Waals surface area contributed by atoms with E-state index >= 15 is 0 Å². The summed E-state index contributed by atoms with van der Waals surface area (Å²) >= 11 is 0. The Morgan fingerprint density at radius 1 is 1.12 bits per heavy atom. The van der Waals surface area contributed by atoms with Gasteiger partial charge in [0.05, 0.1) is 5.52 Å². The van der Waals surface area contributed by atoms with Crippen LogP contribution in [0.25, 0.3) is 10.9 Å². The number of rotatable bonds is 5. The Balaban J connectivity index is 1.66. The Labute approximate surface area is 150 Å². The highest BCUT2D eigenvalue weighted by atomic mass is 19.1. The molecule has 0 saturated heterocycles. The number of carbonyl (C=O) groups excluding carboxylic acids is 1. The van der Waals surface area contributed by atoms with Gasteiger partial charge in [0, 0.05) is 26.3 Å². The van der Waals surface area contributed by atoms with E-state index in [9.17, 15) is 14.0 Å². The number of fused-ring (bicyclic) bond motifs is 1. The number of nitrogens with zero attached hydrogens (tertiary/aromatic N) is 1. The van der Waals surface area contributed by atoms with Gasteiger partial charge in [0.2, 0.25) is 0 Å². The number of hydrogen-bond donors (Lipinski definition) is 2. The van der Waals surface area contributed by atoms with Crippen LogP contribution in [0.3, 0.4) is 0 Å². The first kappa shape index (κ1) is 17.7. The lowest BCUT2D eigenvalue weighted by Gasteiger charge is -2.12. The van der Waals surface area contributed by atoms with E-state index in [1.165, 1.54) is 24.3 Å². The molecule has 1 amide bonds. The van der Waals surface area contributed by atoms with Gasteiger partial charge in [0.15, 0.2) is 0 Å². The van der Waals surface area contributed by atoms with Crippen LogP contribution in [-0.4, -0.2) is 31.5 Å². The molecule has 3 aromatic rings. The molecule has 3 rings (SSSR count). The van der Waals surface area contributed by atoms with Crippen LogP contribution in [0.15, 0.2) is 53.3 Å². The third-order valence-electron chi connectivity index (χ3n) is 4.20. The van der Waals surface area contributed by atoms with Crippen LogP contribution >= 0.6 is 0 Å².